The monoisotopic (exact) mass is 192 g/mol. The van der Waals surface area contributed by atoms with Crippen LogP contribution in [0.4, 0.5) is 0 Å². The van der Waals surface area contributed by atoms with Crippen LogP contribution in [0.25, 0.3) is 0 Å². The molecule has 0 aliphatic rings. The minimum absolute atomic E-state index is 0.0826. The van der Waals surface area contributed by atoms with Crippen molar-refractivity contribution in [3.05, 3.63) is 0 Å². The van der Waals surface area contributed by atoms with Crippen molar-refractivity contribution < 1.29 is 10.2 Å². The molecule has 2 nitrogen and oxygen atoms in total. The molecule has 0 heterocycles. The van der Waals surface area contributed by atoms with E-state index in [2.05, 4.69) is 12.6 Å². The number of aliphatic hydroxyl groups excluding tert-OH is 2. The average Bonchev–Trinajstić information content (AvgIpc) is 2.01. The third-order valence-corrected chi connectivity index (χ3v) is 3.03. The van der Waals surface area contributed by atoms with Crippen LogP contribution in [-0.4, -0.2) is 28.2 Å². The molecule has 0 aliphatic heterocycles. The summed E-state index contributed by atoms with van der Waals surface area (Å²) in [5.74, 6) is 0.650. The Bertz CT molecular complexity index is 134. The Morgan fingerprint density at radius 2 is 1.67 bits per heavy atom. The van der Waals surface area contributed by atoms with Gasteiger partial charge in [-0.2, -0.15) is 12.6 Å². The normalized spacial score (nSPS) is 18.0. The fraction of sp³-hybridized carbons (Fsp3) is 1.00. The third kappa shape index (κ3) is 2.96. The Hall–Kier alpha value is 0.270. The Morgan fingerprint density at radius 1 is 1.25 bits per heavy atom. The first-order chi connectivity index (χ1) is 5.33. The molecule has 0 rings (SSSR count). The summed E-state index contributed by atoms with van der Waals surface area (Å²) < 4.78 is 0. The van der Waals surface area contributed by atoms with Crippen molar-refractivity contribution in [2.75, 3.05) is 5.75 Å². The summed E-state index contributed by atoms with van der Waals surface area (Å²) in [4.78, 5) is 0. The first kappa shape index (κ1) is 12.3. The molecule has 0 saturated carbocycles. The summed E-state index contributed by atoms with van der Waals surface area (Å²) in [7, 11) is 0. The third-order valence-electron chi connectivity index (χ3n) is 2.21. The zero-order valence-electron chi connectivity index (χ0n) is 8.28. The molecular formula is C9H20O2S. The predicted molar refractivity (Wildman–Crippen MR) is 54.5 cm³/mol. The van der Waals surface area contributed by atoms with E-state index in [0.29, 0.717) is 5.75 Å². The van der Waals surface area contributed by atoms with E-state index in [-0.39, 0.29) is 11.3 Å². The van der Waals surface area contributed by atoms with Gasteiger partial charge in [0.05, 0.1) is 12.2 Å². The van der Waals surface area contributed by atoms with Crippen LogP contribution >= 0.6 is 12.6 Å². The second-order valence-electron chi connectivity index (χ2n) is 4.33. The highest BCUT2D eigenvalue weighted by Crippen LogP contribution is 2.26. The van der Waals surface area contributed by atoms with Gasteiger partial charge in [-0.05, 0) is 11.7 Å². The molecule has 2 atom stereocenters. The minimum Gasteiger partial charge on any atom is -0.390 e. The number of hydrogen-bond acceptors (Lipinski definition) is 3. The molecule has 0 amide bonds. The quantitative estimate of drug-likeness (QED) is 0.588. The second-order valence-corrected chi connectivity index (χ2v) is 4.64. The van der Waals surface area contributed by atoms with Gasteiger partial charge in [-0.25, -0.2) is 0 Å². The van der Waals surface area contributed by atoms with Gasteiger partial charge in [0, 0.05) is 5.41 Å². The van der Waals surface area contributed by atoms with Crippen molar-refractivity contribution in [3.63, 3.8) is 0 Å². The van der Waals surface area contributed by atoms with Crippen LogP contribution in [0.3, 0.4) is 0 Å². The summed E-state index contributed by atoms with van der Waals surface area (Å²) in [5, 5.41) is 19.3. The van der Waals surface area contributed by atoms with Gasteiger partial charge < -0.3 is 10.2 Å². The van der Waals surface area contributed by atoms with Crippen LogP contribution in [0.15, 0.2) is 0 Å². The smallest absolute Gasteiger partial charge is 0.0860 e. The van der Waals surface area contributed by atoms with Crippen molar-refractivity contribution in [3.8, 4) is 0 Å². The van der Waals surface area contributed by atoms with Gasteiger partial charge in [-0.15, -0.1) is 0 Å². The van der Waals surface area contributed by atoms with Crippen molar-refractivity contribution >= 4 is 12.6 Å². The zero-order valence-corrected chi connectivity index (χ0v) is 9.18. The molecule has 0 fully saturated rings. The van der Waals surface area contributed by atoms with Crippen molar-refractivity contribution in [1.82, 2.24) is 0 Å². The largest absolute Gasteiger partial charge is 0.390 e. The molecule has 12 heavy (non-hydrogen) atoms. The van der Waals surface area contributed by atoms with Crippen LogP contribution < -0.4 is 0 Å². The zero-order chi connectivity index (χ0) is 9.94. The van der Waals surface area contributed by atoms with Crippen LogP contribution in [0.5, 0.6) is 0 Å². The summed E-state index contributed by atoms with van der Waals surface area (Å²) >= 11 is 4.13. The molecule has 0 bridgehead atoms. The van der Waals surface area contributed by atoms with Crippen LogP contribution in [0, 0.1) is 11.3 Å². The van der Waals surface area contributed by atoms with E-state index >= 15 is 0 Å². The van der Waals surface area contributed by atoms with Crippen LogP contribution in [0.2, 0.25) is 0 Å². The van der Waals surface area contributed by atoms with E-state index in [4.69, 9.17) is 0 Å². The molecule has 0 spiro atoms. The lowest BCUT2D eigenvalue weighted by molar-refractivity contribution is -0.0621. The molecule has 2 unspecified atom stereocenters. The highest BCUT2D eigenvalue weighted by molar-refractivity contribution is 7.80. The first-order valence-electron chi connectivity index (χ1n) is 4.30. The average molecular weight is 192 g/mol. The maximum Gasteiger partial charge on any atom is 0.0860 e. The molecule has 0 radical (unpaired) electrons. The summed E-state index contributed by atoms with van der Waals surface area (Å²) in [6.45, 7) is 7.58. The number of rotatable bonds is 4. The molecule has 0 saturated heterocycles. The topological polar surface area (TPSA) is 40.5 Å². The van der Waals surface area contributed by atoms with E-state index < -0.39 is 12.2 Å². The maximum absolute atomic E-state index is 9.72. The molecule has 0 aliphatic carbocycles. The lowest BCUT2D eigenvalue weighted by Crippen LogP contribution is -2.43. The van der Waals surface area contributed by atoms with Gasteiger partial charge in [0.15, 0.2) is 0 Å². The Morgan fingerprint density at radius 3 is 1.92 bits per heavy atom. The summed E-state index contributed by atoms with van der Waals surface area (Å²) in [6, 6.07) is 0. The maximum atomic E-state index is 9.72. The standard InChI is InChI=1S/C9H20O2S/c1-6(2)7(10)8(11)9(3,4)5-12/h6-8,10-12H,5H2,1-4H3. The Kier molecular flexibility index (Phi) is 4.59. The first-order valence-corrected chi connectivity index (χ1v) is 4.93. The van der Waals surface area contributed by atoms with Gasteiger partial charge in [0.2, 0.25) is 0 Å². The molecular weight excluding hydrogens is 172 g/mol. The predicted octanol–water partition coefficient (Wildman–Crippen LogP) is 1.32. The fourth-order valence-electron chi connectivity index (χ4n) is 0.920. The highest BCUT2D eigenvalue weighted by atomic mass is 32.1. The van der Waals surface area contributed by atoms with Crippen molar-refractivity contribution in [2.45, 2.75) is 39.9 Å². The lowest BCUT2D eigenvalue weighted by Gasteiger charge is -2.33. The SMILES string of the molecule is CC(C)C(O)C(O)C(C)(C)CS. The molecule has 2 N–H and O–H groups in total. The molecule has 0 aromatic heterocycles. The molecule has 0 aromatic rings. The Labute approximate surface area is 80.4 Å². The van der Waals surface area contributed by atoms with Crippen LogP contribution in [0.1, 0.15) is 27.7 Å². The fourth-order valence-corrected chi connectivity index (χ4v) is 1.11. The van der Waals surface area contributed by atoms with Crippen molar-refractivity contribution in [1.29, 1.82) is 0 Å². The minimum atomic E-state index is -0.699. The van der Waals surface area contributed by atoms with E-state index in [1.165, 1.54) is 0 Å². The number of thiol groups is 1. The lowest BCUT2D eigenvalue weighted by atomic mass is 9.82. The van der Waals surface area contributed by atoms with Crippen molar-refractivity contribution in [2.24, 2.45) is 11.3 Å². The Balaban J connectivity index is 4.27. The van der Waals surface area contributed by atoms with Gasteiger partial charge in [-0.3, -0.25) is 0 Å². The van der Waals surface area contributed by atoms with E-state index in [1.807, 2.05) is 27.7 Å². The van der Waals surface area contributed by atoms with Crippen LogP contribution in [-0.2, 0) is 0 Å². The summed E-state index contributed by atoms with van der Waals surface area (Å²) in [6.07, 6.45) is -1.36. The summed E-state index contributed by atoms with van der Waals surface area (Å²) in [5.41, 5.74) is -0.327. The number of hydrogen-bond donors (Lipinski definition) is 3. The van der Waals surface area contributed by atoms with E-state index in [0.717, 1.165) is 0 Å². The highest BCUT2D eigenvalue weighted by Gasteiger charge is 2.33. The van der Waals surface area contributed by atoms with E-state index in [1.54, 1.807) is 0 Å². The number of aliphatic hydroxyl groups is 2. The second kappa shape index (κ2) is 4.49. The molecule has 3 heteroatoms. The van der Waals surface area contributed by atoms with E-state index in [9.17, 15) is 10.2 Å². The molecule has 0 aromatic carbocycles. The molecule has 74 valence electrons. The van der Waals surface area contributed by atoms with Gasteiger partial charge >= 0.3 is 0 Å². The van der Waals surface area contributed by atoms with Gasteiger partial charge in [0.1, 0.15) is 0 Å². The van der Waals surface area contributed by atoms with Gasteiger partial charge in [-0.1, -0.05) is 27.7 Å². The van der Waals surface area contributed by atoms with Gasteiger partial charge in [0.25, 0.3) is 0 Å².